The van der Waals surface area contributed by atoms with E-state index in [4.69, 9.17) is 4.42 Å². The van der Waals surface area contributed by atoms with Gasteiger partial charge in [-0.2, -0.15) is 0 Å². The summed E-state index contributed by atoms with van der Waals surface area (Å²) >= 11 is 0. The van der Waals surface area contributed by atoms with Crippen molar-refractivity contribution in [3.8, 4) is 0 Å². The number of hydrogen-bond acceptors (Lipinski definition) is 5. The average Bonchev–Trinajstić information content (AvgIpc) is 3.27. The molecule has 0 saturated carbocycles. The third-order valence-corrected chi connectivity index (χ3v) is 4.38. The van der Waals surface area contributed by atoms with Gasteiger partial charge in [-0.15, -0.1) is 0 Å². The lowest BCUT2D eigenvalue weighted by Crippen LogP contribution is -2.33. The second-order valence-electron chi connectivity index (χ2n) is 6.34. The lowest BCUT2D eigenvalue weighted by Gasteiger charge is -2.11. The van der Waals surface area contributed by atoms with Crippen molar-refractivity contribution in [1.82, 2.24) is 9.66 Å². The quantitative estimate of drug-likeness (QED) is 0.559. The molecule has 2 heterocycles. The summed E-state index contributed by atoms with van der Waals surface area (Å²) in [6.07, 6.45) is 2.66. The normalized spacial score (nSPS) is 10.7. The Bertz CT molecular complexity index is 1280. The summed E-state index contributed by atoms with van der Waals surface area (Å²) in [6.45, 7) is 1.80. The highest BCUT2D eigenvalue weighted by atomic mass is 16.3. The number of rotatable bonds is 4. The fourth-order valence-corrected chi connectivity index (χ4v) is 2.81. The molecule has 0 bridgehead atoms. The number of benzene rings is 2. The van der Waals surface area contributed by atoms with E-state index in [9.17, 15) is 14.4 Å². The first-order valence-corrected chi connectivity index (χ1v) is 8.76. The first-order chi connectivity index (χ1) is 14.0. The van der Waals surface area contributed by atoms with Crippen LogP contribution < -0.4 is 16.3 Å². The van der Waals surface area contributed by atoms with Crippen molar-refractivity contribution in [3.63, 3.8) is 0 Å². The zero-order chi connectivity index (χ0) is 20.4. The Morgan fingerprint density at radius 2 is 1.86 bits per heavy atom. The van der Waals surface area contributed by atoms with Crippen molar-refractivity contribution in [2.45, 2.75) is 6.92 Å². The molecule has 4 rings (SSSR count). The number of aryl methyl sites for hydroxylation is 1. The highest BCUT2D eigenvalue weighted by Gasteiger charge is 2.14. The maximum Gasteiger partial charge on any atom is 0.291 e. The lowest BCUT2D eigenvalue weighted by molar-refractivity contribution is 0.0990. The third kappa shape index (κ3) is 3.63. The predicted octanol–water partition coefficient (Wildman–Crippen LogP) is 2.93. The zero-order valence-electron chi connectivity index (χ0n) is 15.4. The number of nitrogens with one attached hydrogen (secondary N) is 2. The van der Waals surface area contributed by atoms with E-state index in [1.165, 1.54) is 18.7 Å². The number of amides is 2. The lowest BCUT2D eigenvalue weighted by atomic mass is 10.1. The molecule has 0 atom stereocenters. The summed E-state index contributed by atoms with van der Waals surface area (Å²) in [4.78, 5) is 41.6. The maximum absolute atomic E-state index is 12.7. The Hall–Kier alpha value is -4.20. The molecule has 0 aliphatic heterocycles. The van der Waals surface area contributed by atoms with Crippen molar-refractivity contribution in [2.75, 3.05) is 10.7 Å². The number of carbonyl (C=O) groups is 2. The summed E-state index contributed by atoms with van der Waals surface area (Å²) in [6, 6.07) is 14.9. The standard InChI is InChI=1S/C21H16N4O4/c1-13-8-9-14(11-17(13)23-20(27)18-7-4-10-29-18)19(26)24-25-12-22-16-6-3-2-5-15(16)21(25)28/h2-12H,1H3,(H,23,27)(H,24,26). The van der Waals surface area contributed by atoms with Gasteiger partial charge in [0.2, 0.25) is 0 Å². The highest BCUT2D eigenvalue weighted by Crippen LogP contribution is 2.18. The molecule has 2 amide bonds. The minimum atomic E-state index is -0.516. The molecule has 144 valence electrons. The Morgan fingerprint density at radius 3 is 2.66 bits per heavy atom. The minimum Gasteiger partial charge on any atom is -0.459 e. The van der Waals surface area contributed by atoms with Crippen LogP contribution in [0.2, 0.25) is 0 Å². The molecule has 0 aliphatic carbocycles. The number of carbonyl (C=O) groups excluding carboxylic acids is 2. The third-order valence-electron chi connectivity index (χ3n) is 4.38. The van der Waals surface area contributed by atoms with Crippen LogP contribution in [0.5, 0.6) is 0 Å². The molecule has 0 saturated heterocycles. The Morgan fingerprint density at radius 1 is 1.03 bits per heavy atom. The van der Waals surface area contributed by atoms with Crippen molar-refractivity contribution >= 4 is 28.4 Å². The summed E-state index contributed by atoms with van der Waals surface area (Å²) in [7, 11) is 0. The van der Waals surface area contributed by atoms with Crippen molar-refractivity contribution in [2.24, 2.45) is 0 Å². The van der Waals surface area contributed by atoms with Gasteiger partial charge in [-0.3, -0.25) is 19.8 Å². The second-order valence-corrected chi connectivity index (χ2v) is 6.34. The first kappa shape index (κ1) is 18.2. The van der Waals surface area contributed by atoms with Crippen LogP contribution in [0.1, 0.15) is 26.5 Å². The van der Waals surface area contributed by atoms with Crippen molar-refractivity contribution in [1.29, 1.82) is 0 Å². The number of anilines is 1. The van der Waals surface area contributed by atoms with Crippen LogP contribution in [0.3, 0.4) is 0 Å². The Kier molecular flexibility index (Phi) is 4.66. The van der Waals surface area contributed by atoms with Gasteiger partial charge in [0.15, 0.2) is 5.76 Å². The van der Waals surface area contributed by atoms with Gasteiger partial charge in [0.25, 0.3) is 17.4 Å². The Balaban J connectivity index is 1.59. The van der Waals surface area contributed by atoms with E-state index in [1.54, 1.807) is 55.5 Å². The van der Waals surface area contributed by atoms with Gasteiger partial charge in [-0.1, -0.05) is 18.2 Å². The van der Waals surface area contributed by atoms with Crippen LogP contribution in [-0.4, -0.2) is 21.5 Å². The van der Waals surface area contributed by atoms with Gasteiger partial charge in [0, 0.05) is 11.3 Å². The van der Waals surface area contributed by atoms with Gasteiger partial charge in [0.1, 0.15) is 6.33 Å². The van der Waals surface area contributed by atoms with Crippen LogP contribution >= 0.6 is 0 Å². The molecule has 29 heavy (non-hydrogen) atoms. The molecule has 8 heteroatoms. The molecule has 2 aromatic heterocycles. The molecular weight excluding hydrogens is 372 g/mol. The molecule has 8 nitrogen and oxygen atoms in total. The van der Waals surface area contributed by atoms with Gasteiger partial charge >= 0.3 is 0 Å². The molecule has 2 aromatic carbocycles. The summed E-state index contributed by atoms with van der Waals surface area (Å²) in [5.41, 5.74) is 4.17. The van der Waals surface area contributed by atoms with Gasteiger partial charge in [0.05, 0.1) is 17.2 Å². The summed E-state index contributed by atoms with van der Waals surface area (Å²) in [5, 5.41) is 3.11. The predicted molar refractivity (Wildman–Crippen MR) is 108 cm³/mol. The largest absolute Gasteiger partial charge is 0.459 e. The van der Waals surface area contributed by atoms with E-state index < -0.39 is 11.8 Å². The van der Waals surface area contributed by atoms with Gasteiger partial charge in [-0.05, 0) is 48.9 Å². The number of nitrogens with zero attached hydrogens (tertiary/aromatic N) is 2. The summed E-state index contributed by atoms with van der Waals surface area (Å²) < 4.78 is 6.11. The number of hydrogen-bond donors (Lipinski definition) is 2. The van der Waals surface area contributed by atoms with Crippen molar-refractivity contribution in [3.05, 3.63) is 94.4 Å². The zero-order valence-corrected chi connectivity index (χ0v) is 15.4. The maximum atomic E-state index is 12.7. The van der Waals surface area contributed by atoms with E-state index in [-0.39, 0.29) is 16.9 Å². The van der Waals surface area contributed by atoms with Crippen molar-refractivity contribution < 1.29 is 14.0 Å². The second kappa shape index (κ2) is 7.43. The minimum absolute atomic E-state index is 0.160. The molecule has 0 spiro atoms. The first-order valence-electron chi connectivity index (χ1n) is 8.76. The van der Waals surface area contributed by atoms with Crippen LogP contribution in [-0.2, 0) is 0 Å². The number of furan rings is 1. The fraction of sp³-hybridized carbons (Fsp3) is 0.0476. The molecule has 0 fully saturated rings. The number of aromatic nitrogens is 2. The monoisotopic (exact) mass is 388 g/mol. The molecule has 2 N–H and O–H groups in total. The van der Waals surface area contributed by atoms with Crippen LogP contribution in [0, 0.1) is 6.92 Å². The highest BCUT2D eigenvalue weighted by molar-refractivity contribution is 6.05. The van der Waals surface area contributed by atoms with Gasteiger partial charge < -0.3 is 9.73 Å². The SMILES string of the molecule is Cc1ccc(C(=O)Nn2cnc3ccccc3c2=O)cc1NC(=O)c1ccco1. The molecule has 0 unspecified atom stereocenters. The van der Waals surface area contributed by atoms with Crippen LogP contribution in [0.25, 0.3) is 10.9 Å². The molecule has 0 radical (unpaired) electrons. The summed E-state index contributed by atoms with van der Waals surface area (Å²) in [5.74, 6) is -0.781. The number of fused-ring (bicyclic) bond motifs is 1. The average molecular weight is 388 g/mol. The number of para-hydroxylation sites is 1. The topological polar surface area (TPSA) is 106 Å². The molecular formula is C21H16N4O4. The fourth-order valence-electron chi connectivity index (χ4n) is 2.81. The Labute approximate surface area is 164 Å². The van der Waals surface area contributed by atoms with E-state index in [0.29, 0.717) is 16.6 Å². The van der Waals surface area contributed by atoms with E-state index >= 15 is 0 Å². The smallest absolute Gasteiger partial charge is 0.291 e. The molecule has 0 aliphatic rings. The van der Waals surface area contributed by atoms with Crippen LogP contribution in [0.15, 0.2) is 76.4 Å². The van der Waals surface area contributed by atoms with E-state index in [1.807, 2.05) is 0 Å². The van der Waals surface area contributed by atoms with E-state index in [0.717, 1.165) is 10.2 Å². The van der Waals surface area contributed by atoms with E-state index in [2.05, 4.69) is 15.7 Å². The van der Waals surface area contributed by atoms with Crippen LogP contribution in [0.4, 0.5) is 5.69 Å². The van der Waals surface area contributed by atoms with Gasteiger partial charge in [-0.25, -0.2) is 9.66 Å². The molecule has 4 aromatic rings.